The summed E-state index contributed by atoms with van der Waals surface area (Å²) in [5.41, 5.74) is 3.49. The number of rotatable bonds is 6. The third kappa shape index (κ3) is 4.49. The predicted molar refractivity (Wildman–Crippen MR) is 127 cm³/mol. The van der Waals surface area contributed by atoms with E-state index in [2.05, 4.69) is 25.2 Å². The molecule has 10 nitrogen and oxygen atoms in total. The zero-order chi connectivity index (χ0) is 23.5. The smallest absolute Gasteiger partial charge is 0.341 e. The molecule has 2 aromatic carbocycles. The Bertz CT molecular complexity index is 1300. The van der Waals surface area contributed by atoms with Crippen LogP contribution >= 0.6 is 0 Å². The molecule has 0 aliphatic carbocycles. The van der Waals surface area contributed by atoms with E-state index in [0.717, 1.165) is 24.5 Å². The maximum absolute atomic E-state index is 12.1. The van der Waals surface area contributed by atoms with Crippen LogP contribution in [0.3, 0.4) is 0 Å². The van der Waals surface area contributed by atoms with Crippen LogP contribution in [0.4, 0.5) is 17.3 Å². The number of carbonyl (C=O) groups excluding carboxylic acids is 1. The van der Waals surface area contributed by atoms with Gasteiger partial charge in [-0.05, 0) is 42.5 Å². The van der Waals surface area contributed by atoms with E-state index >= 15 is 0 Å². The largest absolute Gasteiger partial charge is 0.465 e. The third-order valence-electron chi connectivity index (χ3n) is 5.62. The minimum atomic E-state index is -0.494. The fraction of sp³-hybridized carbons (Fsp3) is 0.208. The van der Waals surface area contributed by atoms with Gasteiger partial charge in [-0.2, -0.15) is 10.0 Å². The molecule has 1 aliphatic heterocycles. The zero-order valence-electron chi connectivity index (χ0n) is 18.6. The molecule has 2 aromatic heterocycles. The Morgan fingerprint density at radius 2 is 1.79 bits per heavy atom. The molecule has 0 radical (unpaired) electrons. The predicted octanol–water partition coefficient (Wildman–Crippen LogP) is 3.79. The van der Waals surface area contributed by atoms with Gasteiger partial charge in [-0.25, -0.2) is 9.78 Å². The van der Waals surface area contributed by atoms with Crippen molar-refractivity contribution in [2.24, 2.45) is 0 Å². The highest BCUT2D eigenvalue weighted by Crippen LogP contribution is 2.31. The number of anilines is 3. The summed E-state index contributed by atoms with van der Waals surface area (Å²) in [5.74, 6) is 0.486. The van der Waals surface area contributed by atoms with Crippen molar-refractivity contribution < 1.29 is 19.5 Å². The van der Waals surface area contributed by atoms with Crippen LogP contribution in [0.15, 0.2) is 60.8 Å². The first-order valence-electron chi connectivity index (χ1n) is 10.9. The number of esters is 1. The van der Waals surface area contributed by atoms with Gasteiger partial charge in [0.25, 0.3) is 0 Å². The molecule has 0 saturated carbocycles. The van der Waals surface area contributed by atoms with Gasteiger partial charge in [-0.1, -0.05) is 12.1 Å². The molecular formula is C24H24N6O4. The van der Waals surface area contributed by atoms with E-state index in [4.69, 9.17) is 9.47 Å². The van der Waals surface area contributed by atoms with Gasteiger partial charge in [0.05, 0.1) is 12.6 Å². The van der Waals surface area contributed by atoms with Gasteiger partial charge in [-0.3, -0.25) is 0 Å². The molecular weight excluding hydrogens is 436 g/mol. The molecule has 34 heavy (non-hydrogen) atoms. The average Bonchev–Trinajstić information content (AvgIpc) is 3.34. The van der Waals surface area contributed by atoms with Crippen molar-refractivity contribution in [3.63, 3.8) is 0 Å². The van der Waals surface area contributed by atoms with Crippen LogP contribution in [-0.4, -0.2) is 64.5 Å². The van der Waals surface area contributed by atoms with Gasteiger partial charge >= 0.3 is 5.97 Å². The number of nitrogens with one attached hydrogen (secondary N) is 2. The highest BCUT2D eigenvalue weighted by molar-refractivity contribution is 5.92. The summed E-state index contributed by atoms with van der Waals surface area (Å²) in [4.78, 5) is 26.5. The van der Waals surface area contributed by atoms with Crippen LogP contribution in [-0.2, 0) is 4.74 Å². The van der Waals surface area contributed by atoms with Crippen LogP contribution in [0.2, 0.25) is 0 Å². The lowest BCUT2D eigenvalue weighted by Crippen LogP contribution is -2.44. The van der Waals surface area contributed by atoms with E-state index in [1.807, 2.05) is 30.3 Å². The molecule has 10 heteroatoms. The molecule has 0 atom stereocenters. The SMILES string of the molecule is COC(=O)c1ccccc1Oc1nc(Nc2ccc(N3CCN(O)CC3)cc2)nc2cc[nH]c12. The molecule has 3 N–H and O–H groups in total. The van der Waals surface area contributed by atoms with E-state index in [0.29, 0.717) is 41.4 Å². The highest BCUT2D eigenvalue weighted by atomic mass is 16.5. The number of ether oxygens (including phenoxy) is 2. The standard InChI is InChI=1S/C24H24N6O4/c1-33-23(31)18-4-2-3-5-20(18)34-22-21-19(10-11-25-21)27-24(28-22)26-16-6-8-17(9-7-16)29-12-14-30(32)15-13-29/h2-11,25,32H,12-15H2,1H3,(H,26,27,28). The lowest BCUT2D eigenvalue weighted by atomic mass is 10.2. The summed E-state index contributed by atoms with van der Waals surface area (Å²) in [6.45, 7) is 2.77. The van der Waals surface area contributed by atoms with Gasteiger partial charge in [0.15, 0.2) is 0 Å². The molecule has 0 unspecified atom stereocenters. The van der Waals surface area contributed by atoms with E-state index in [1.54, 1.807) is 30.5 Å². The summed E-state index contributed by atoms with van der Waals surface area (Å²) in [5, 5.41) is 14.1. The number of aromatic amines is 1. The maximum atomic E-state index is 12.1. The number of hydrogen-bond donors (Lipinski definition) is 3. The molecule has 5 rings (SSSR count). The molecule has 0 spiro atoms. The molecule has 3 heterocycles. The van der Waals surface area contributed by atoms with Crippen molar-refractivity contribution in [2.45, 2.75) is 0 Å². The summed E-state index contributed by atoms with van der Waals surface area (Å²) < 4.78 is 10.9. The number of hydroxylamine groups is 2. The summed E-state index contributed by atoms with van der Waals surface area (Å²) in [7, 11) is 1.33. The molecule has 174 valence electrons. The first-order chi connectivity index (χ1) is 16.6. The summed E-state index contributed by atoms with van der Waals surface area (Å²) in [6.07, 6.45) is 1.75. The fourth-order valence-corrected chi connectivity index (χ4v) is 3.82. The van der Waals surface area contributed by atoms with Crippen LogP contribution in [0.5, 0.6) is 11.6 Å². The lowest BCUT2D eigenvalue weighted by molar-refractivity contribution is -0.0935. The number of carbonyl (C=O) groups is 1. The van der Waals surface area contributed by atoms with Crippen LogP contribution in [0, 0.1) is 0 Å². The number of H-pyrrole nitrogens is 1. The molecule has 1 aliphatic rings. The van der Waals surface area contributed by atoms with Crippen molar-refractivity contribution in [3.05, 3.63) is 66.4 Å². The van der Waals surface area contributed by atoms with Gasteiger partial charge in [0, 0.05) is 43.8 Å². The van der Waals surface area contributed by atoms with E-state index in [1.165, 1.54) is 12.2 Å². The van der Waals surface area contributed by atoms with Gasteiger partial charge < -0.3 is 29.9 Å². The molecule has 4 aromatic rings. The topological polar surface area (TPSA) is 116 Å². The minimum absolute atomic E-state index is 0.285. The number of fused-ring (bicyclic) bond motifs is 1. The van der Waals surface area contributed by atoms with Gasteiger partial charge in [-0.15, -0.1) is 0 Å². The number of methoxy groups -OCH3 is 1. The highest BCUT2D eigenvalue weighted by Gasteiger charge is 2.18. The Kier molecular flexibility index (Phi) is 5.98. The number of benzene rings is 2. The van der Waals surface area contributed by atoms with Crippen molar-refractivity contribution in [1.29, 1.82) is 0 Å². The Labute approximate surface area is 195 Å². The fourth-order valence-electron chi connectivity index (χ4n) is 3.82. The Morgan fingerprint density at radius 1 is 1.03 bits per heavy atom. The molecule has 1 saturated heterocycles. The first-order valence-corrected chi connectivity index (χ1v) is 10.9. The monoisotopic (exact) mass is 460 g/mol. The Balaban J connectivity index is 1.39. The van der Waals surface area contributed by atoms with Crippen molar-refractivity contribution in [2.75, 3.05) is 43.5 Å². The normalized spacial score (nSPS) is 14.2. The quantitative estimate of drug-likeness (QED) is 0.370. The van der Waals surface area contributed by atoms with Crippen LogP contribution in [0.25, 0.3) is 11.0 Å². The number of hydrogen-bond acceptors (Lipinski definition) is 9. The molecule has 1 fully saturated rings. The first kappa shape index (κ1) is 21.7. The summed E-state index contributed by atoms with van der Waals surface area (Å²) in [6, 6.07) is 16.6. The second-order valence-corrected chi connectivity index (χ2v) is 7.79. The number of nitrogens with zero attached hydrogens (tertiary/aromatic N) is 4. The van der Waals surface area contributed by atoms with Gasteiger partial charge in [0.1, 0.15) is 16.8 Å². The maximum Gasteiger partial charge on any atom is 0.341 e. The van der Waals surface area contributed by atoms with Gasteiger partial charge in [0.2, 0.25) is 11.8 Å². The van der Waals surface area contributed by atoms with E-state index in [9.17, 15) is 10.0 Å². The lowest BCUT2D eigenvalue weighted by Gasteiger charge is -2.32. The summed E-state index contributed by atoms with van der Waals surface area (Å²) >= 11 is 0. The molecule has 0 bridgehead atoms. The van der Waals surface area contributed by atoms with Crippen molar-refractivity contribution in [3.8, 4) is 11.6 Å². The Hall–Kier alpha value is -4.15. The third-order valence-corrected chi connectivity index (χ3v) is 5.62. The zero-order valence-corrected chi connectivity index (χ0v) is 18.6. The van der Waals surface area contributed by atoms with Crippen molar-refractivity contribution in [1.82, 2.24) is 20.0 Å². The van der Waals surface area contributed by atoms with Crippen molar-refractivity contribution >= 4 is 34.3 Å². The van der Waals surface area contributed by atoms with Crippen LogP contribution in [0.1, 0.15) is 10.4 Å². The second-order valence-electron chi connectivity index (χ2n) is 7.79. The minimum Gasteiger partial charge on any atom is -0.465 e. The molecule has 0 amide bonds. The Morgan fingerprint density at radius 3 is 2.56 bits per heavy atom. The number of aromatic nitrogens is 3. The second kappa shape index (κ2) is 9.38. The van der Waals surface area contributed by atoms with Crippen LogP contribution < -0.4 is 15.0 Å². The average molecular weight is 460 g/mol. The van der Waals surface area contributed by atoms with E-state index < -0.39 is 5.97 Å². The number of piperazine rings is 1. The van der Waals surface area contributed by atoms with E-state index in [-0.39, 0.29) is 5.88 Å². The number of para-hydroxylation sites is 1.